The molecule has 0 aromatic rings. The SMILES string of the molecule is CCC1CCCCCOP(=O)(O)O1. The highest BCUT2D eigenvalue weighted by molar-refractivity contribution is 7.47. The lowest BCUT2D eigenvalue weighted by Crippen LogP contribution is -2.09. The second-order valence-corrected chi connectivity index (χ2v) is 4.69. The molecule has 0 aromatic carbocycles. The third kappa shape index (κ3) is 4.23. The van der Waals surface area contributed by atoms with Gasteiger partial charge >= 0.3 is 7.82 Å². The van der Waals surface area contributed by atoms with Gasteiger partial charge in [-0.15, -0.1) is 0 Å². The summed E-state index contributed by atoms with van der Waals surface area (Å²) in [6, 6.07) is 0. The van der Waals surface area contributed by atoms with Gasteiger partial charge in [-0.3, -0.25) is 9.05 Å². The maximum Gasteiger partial charge on any atom is 0.472 e. The minimum atomic E-state index is -3.76. The lowest BCUT2D eigenvalue weighted by Gasteiger charge is -2.17. The van der Waals surface area contributed by atoms with Gasteiger partial charge in [0, 0.05) is 0 Å². The van der Waals surface area contributed by atoms with E-state index in [1.54, 1.807) is 0 Å². The van der Waals surface area contributed by atoms with Crippen molar-refractivity contribution in [2.75, 3.05) is 6.61 Å². The first-order valence-electron chi connectivity index (χ1n) is 4.80. The van der Waals surface area contributed by atoms with E-state index in [0.717, 1.165) is 32.1 Å². The van der Waals surface area contributed by atoms with Crippen LogP contribution in [0.15, 0.2) is 0 Å². The summed E-state index contributed by atoms with van der Waals surface area (Å²) in [5, 5.41) is 0. The molecule has 1 N–H and O–H groups in total. The van der Waals surface area contributed by atoms with Gasteiger partial charge in [-0.1, -0.05) is 19.8 Å². The van der Waals surface area contributed by atoms with Gasteiger partial charge in [-0.05, 0) is 19.3 Å². The minimum Gasteiger partial charge on any atom is -0.302 e. The highest BCUT2D eigenvalue weighted by Gasteiger charge is 2.26. The van der Waals surface area contributed by atoms with Crippen molar-refractivity contribution in [2.24, 2.45) is 0 Å². The predicted molar refractivity (Wildman–Crippen MR) is 49.4 cm³/mol. The molecule has 1 fully saturated rings. The van der Waals surface area contributed by atoms with Crippen LogP contribution in [0, 0.1) is 0 Å². The van der Waals surface area contributed by atoms with Gasteiger partial charge in [0.05, 0.1) is 12.7 Å². The fourth-order valence-electron chi connectivity index (χ4n) is 1.38. The summed E-state index contributed by atoms with van der Waals surface area (Å²) in [5.41, 5.74) is 0. The fraction of sp³-hybridized carbons (Fsp3) is 1.00. The third-order valence-corrected chi connectivity index (χ3v) is 3.24. The van der Waals surface area contributed by atoms with Crippen LogP contribution in [-0.2, 0) is 13.6 Å². The Labute approximate surface area is 78.9 Å². The molecule has 0 bridgehead atoms. The van der Waals surface area contributed by atoms with Gasteiger partial charge in [0.25, 0.3) is 0 Å². The second kappa shape index (κ2) is 5.11. The zero-order valence-corrected chi connectivity index (χ0v) is 8.83. The highest BCUT2D eigenvalue weighted by atomic mass is 31.2. The number of rotatable bonds is 1. The first-order chi connectivity index (χ1) is 6.14. The van der Waals surface area contributed by atoms with Crippen LogP contribution < -0.4 is 0 Å². The first-order valence-corrected chi connectivity index (χ1v) is 6.29. The van der Waals surface area contributed by atoms with Crippen molar-refractivity contribution >= 4 is 7.82 Å². The van der Waals surface area contributed by atoms with Crippen LogP contribution in [0.5, 0.6) is 0 Å². The molecule has 0 radical (unpaired) electrons. The molecule has 1 aliphatic heterocycles. The molecular formula is C8H17O4P. The molecule has 78 valence electrons. The average Bonchev–Trinajstić information content (AvgIpc) is 2.15. The molecule has 2 unspecified atom stereocenters. The third-order valence-electron chi connectivity index (χ3n) is 2.16. The number of phosphoric ester groups is 1. The number of phosphoric acid groups is 1. The van der Waals surface area contributed by atoms with Crippen LogP contribution in [0.2, 0.25) is 0 Å². The average molecular weight is 208 g/mol. The molecule has 0 spiro atoms. The smallest absolute Gasteiger partial charge is 0.302 e. The van der Waals surface area contributed by atoms with E-state index in [9.17, 15) is 9.46 Å². The van der Waals surface area contributed by atoms with Crippen LogP contribution in [0.1, 0.15) is 39.0 Å². The Morgan fingerprint density at radius 1 is 1.46 bits per heavy atom. The number of hydrogen-bond donors (Lipinski definition) is 1. The molecule has 13 heavy (non-hydrogen) atoms. The first kappa shape index (κ1) is 11.2. The highest BCUT2D eigenvalue weighted by Crippen LogP contribution is 2.46. The maximum absolute atomic E-state index is 11.2. The molecule has 2 atom stereocenters. The van der Waals surface area contributed by atoms with Crippen LogP contribution in [0.4, 0.5) is 0 Å². The summed E-state index contributed by atoms with van der Waals surface area (Å²) < 4.78 is 21.0. The van der Waals surface area contributed by atoms with Gasteiger partial charge in [-0.25, -0.2) is 4.57 Å². The van der Waals surface area contributed by atoms with E-state index in [1.807, 2.05) is 6.92 Å². The van der Waals surface area contributed by atoms with Crippen LogP contribution in [0.25, 0.3) is 0 Å². The molecule has 1 aliphatic rings. The topological polar surface area (TPSA) is 55.8 Å². The molecule has 0 aliphatic carbocycles. The Morgan fingerprint density at radius 3 is 2.92 bits per heavy atom. The summed E-state index contributed by atoms with van der Waals surface area (Å²) in [6.45, 7) is 2.27. The van der Waals surface area contributed by atoms with E-state index in [-0.39, 0.29) is 6.10 Å². The van der Waals surface area contributed by atoms with Crippen molar-refractivity contribution in [3.8, 4) is 0 Å². The van der Waals surface area contributed by atoms with Crippen molar-refractivity contribution in [1.29, 1.82) is 0 Å². The Kier molecular flexibility index (Phi) is 4.39. The standard InChI is InChI=1S/C8H17O4P/c1-2-8-6-4-3-5-7-11-13(9,10)12-8/h8H,2-7H2,1H3,(H,9,10). The van der Waals surface area contributed by atoms with Gasteiger partial charge < -0.3 is 4.89 Å². The van der Waals surface area contributed by atoms with E-state index in [0.29, 0.717) is 6.61 Å². The monoisotopic (exact) mass is 208 g/mol. The molecule has 0 amide bonds. The van der Waals surface area contributed by atoms with Gasteiger partial charge in [0.2, 0.25) is 0 Å². The van der Waals surface area contributed by atoms with E-state index in [2.05, 4.69) is 0 Å². The number of hydrogen-bond acceptors (Lipinski definition) is 3. The van der Waals surface area contributed by atoms with E-state index < -0.39 is 7.82 Å². The summed E-state index contributed by atoms with van der Waals surface area (Å²) in [6.07, 6.45) is 4.40. The summed E-state index contributed by atoms with van der Waals surface area (Å²) >= 11 is 0. The van der Waals surface area contributed by atoms with Crippen molar-refractivity contribution in [3.63, 3.8) is 0 Å². The lowest BCUT2D eigenvalue weighted by atomic mass is 10.1. The second-order valence-electron chi connectivity index (χ2n) is 3.29. The van der Waals surface area contributed by atoms with Crippen molar-refractivity contribution in [2.45, 2.75) is 45.1 Å². The van der Waals surface area contributed by atoms with Crippen molar-refractivity contribution in [3.05, 3.63) is 0 Å². The molecule has 1 rings (SSSR count). The Bertz CT molecular complexity index is 195. The quantitative estimate of drug-likeness (QED) is 0.672. The fourth-order valence-corrected chi connectivity index (χ4v) is 2.43. The summed E-state index contributed by atoms with van der Waals surface area (Å²) in [7, 11) is -3.76. The van der Waals surface area contributed by atoms with E-state index in [4.69, 9.17) is 9.05 Å². The molecule has 0 saturated carbocycles. The zero-order valence-electron chi connectivity index (χ0n) is 7.94. The molecule has 1 heterocycles. The molecule has 4 nitrogen and oxygen atoms in total. The van der Waals surface area contributed by atoms with Crippen LogP contribution in [-0.4, -0.2) is 17.6 Å². The van der Waals surface area contributed by atoms with Gasteiger partial charge in [-0.2, -0.15) is 0 Å². The lowest BCUT2D eigenvalue weighted by molar-refractivity contribution is 0.103. The van der Waals surface area contributed by atoms with E-state index >= 15 is 0 Å². The van der Waals surface area contributed by atoms with Gasteiger partial charge in [0.15, 0.2) is 0 Å². The Balaban J connectivity index is 2.53. The minimum absolute atomic E-state index is 0.131. The Hall–Kier alpha value is 0.110. The van der Waals surface area contributed by atoms with Crippen molar-refractivity contribution < 1.29 is 18.5 Å². The molecular weight excluding hydrogens is 191 g/mol. The molecule has 0 aromatic heterocycles. The molecule has 5 heteroatoms. The zero-order chi connectivity index (χ0) is 9.73. The van der Waals surface area contributed by atoms with Crippen LogP contribution >= 0.6 is 7.82 Å². The summed E-state index contributed by atoms with van der Waals surface area (Å²) in [4.78, 5) is 9.22. The predicted octanol–water partition coefficient (Wildman–Crippen LogP) is 2.47. The maximum atomic E-state index is 11.2. The summed E-state index contributed by atoms with van der Waals surface area (Å²) in [5.74, 6) is 0. The van der Waals surface area contributed by atoms with Crippen molar-refractivity contribution in [1.82, 2.24) is 0 Å². The normalized spacial score (nSPS) is 37.5. The largest absolute Gasteiger partial charge is 0.472 e. The van der Waals surface area contributed by atoms with Gasteiger partial charge in [0.1, 0.15) is 0 Å². The van der Waals surface area contributed by atoms with Crippen LogP contribution in [0.3, 0.4) is 0 Å². The Morgan fingerprint density at radius 2 is 2.23 bits per heavy atom. The van der Waals surface area contributed by atoms with E-state index in [1.165, 1.54) is 0 Å². The molecule has 1 saturated heterocycles.